The summed E-state index contributed by atoms with van der Waals surface area (Å²) in [5.74, 6) is 0.131. The summed E-state index contributed by atoms with van der Waals surface area (Å²) >= 11 is 0. The minimum Gasteiger partial charge on any atom is -0.466 e. The molecule has 31 heavy (non-hydrogen) atoms. The maximum absolute atomic E-state index is 12.0. The Bertz CT molecular complexity index is 1110. The Morgan fingerprint density at radius 1 is 1.16 bits per heavy atom. The Morgan fingerprint density at radius 3 is 2.65 bits per heavy atom. The van der Waals surface area contributed by atoms with Gasteiger partial charge in [-0.15, -0.1) is 0 Å². The third-order valence-electron chi connectivity index (χ3n) is 5.32. The minimum atomic E-state index is -0.521. The zero-order valence-corrected chi connectivity index (χ0v) is 17.1. The summed E-state index contributed by atoms with van der Waals surface area (Å²) in [7, 11) is 0. The lowest BCUT2D eigenvalue weighted by Crippen LogP contribution is -2.37. The second-order valence-corrected chi connectivity index (χ2v) is 7.20. The SMILES string of the molecule is CCOC(=O)C1CCN(c2ncnc(Oc3cccc4ccccc34)c2[N+](=O)[O-])CC1. The van der Waals surface area contributed by atoms with Gasteiger partial charge in [0.1, 0.15) is 12.1 Å². The van der Waals surface area contributed by atoms with Crippen molar-refractivity contribution >= 4 is 28.2 Å². The van der Waals surface area contributed by atoms with Gasteiger partial charge in [-0.1, -0.05) is 36.4 Å². The van der Waals surface area contributed by atoms with E-state index in [1.807, 2.05) is 36.4 Å². The van der Waals surface area contributed by atoms with Crippen molar-refractivity contribution in [3.05, 3.63) is 58.9 Å². The molecule has 3 aromatic rings. The summed E-state index contributed by atoms with van der Waals surface area (Å²) in [6.07, 6.45) is 2.35. The van der Waals surface area contributed by atoms with Gasteiger partial charge in [-0.3, -0.25) is 14.9 Å². The maximum Gasteiger partial charge on any atom is 0.373 e. The van der Waals surface area contributed by atoms with E-state index in [1.165, 1.54) is 6.33 Å². The molecule has 4 rings (SSSR count). The number of fused-ring (bicyclic) bond motifs is 1. The van der Waals surface area contributed by atoms with Crippen LogP contribution in [-0.2, 0) is 9.53 Å². The van der Waals surface area contributed by atoms with Gasteiger partial charge >= 0.3 is 17.5 Å². The summed E-state index contributed by atoms with van der Waals surface area (Å²) in [6.45, 7) is 3.02. The lowest BCUT2D eigenvalue weighted by molar-refractivity contribution is -0.385. The van der Waals surface area contributed by atoms with E-state index in [0.717, 1.165) is 10.8 Å². The zero-order valence-electron chi connectivity index (χ0n) is 17.1. The van der Waals surface area contributed by atoms with Crippen LogP contribution >= 0.6 is 0 Å². The second-order valence-electron chi connectivity index (χ2n) is 7.20. The molecule has 0 saturated carbocycles. The molecule has 0 spiro atoms. The molecule has 2 heterocycles. The fraction of sp³-hybridized carbons (Fsp3) is 0.318. The average molecular weight is 422 g/mol. The van der Waals surface area contributed by atoms with Crippen LogP contribution in [0.15, 0.2) is 48.8 Å². The van der Waals surface area contributed by atoms with Crippen LogP contribution in [0.1, 0.15) is 19.8 Å². The van der Waals surface area contributed by atoms with Crippen LogP contribution in [0.2, 0.25) is 0 Å². The number of hydrogen-bond donors (Lipinski definition) is 0. The zero-order chi connectivity index (χ0) is 21.8. The molecular weight excluding hydrogens is 400 g/mol. The molecule has 1 aliphatic rings. The maximum atomic E-state index is 12.0. The lowest BCUT2D eigenvalue weighted by Gasteiger charge is -2.31. The molecule has 1 aromatic heterocycles. The van der Waals surface area contributed by atoms with Crippen molar-refractivity contribution in [3.63, 3.8) is 0 Å². The molecule has 1 saturated heterocycles. The number of carbonyl (C=O) groups excluding carboxylic acids is 1. The average Bonchev–Trinajstić information content (AvgIpc) is 2.79. The molecular formula is C22H22N4O5. The molecule has 0 aliphatic carbocycles. The number of nitrogens with zero attached hydrogens (tertiary/aromatic N) is 4. The first kappa shape index (κ1) is 20.5. The number of piperidine rings is 1. The Morgan fingerprint density at radius 2 is 1.90 bits per heavy atom. The van der Waals surface area contributed by atoms with Crippen LogP contribution in [0.3, 0.4) is 0 Å². The van der Waals surface area contributed by atoms with Crippen LogP contribution in [0.25, 0.3) is 10.8 Å². The van der Waals surface area contributed by atoms with Crippen molar-refractivity contribution in [2.45, 2.75) is 19.8 Å². The third kappa shape index (κ3) is 4.25. The number of carbonyl (C=O) groups is 1. The lowest BCUT2D eigenvalue weighted by atomic mass is 9.97. The normalized spacial score (nSPS) is 14.4. The van der Waals surface area contributed by atoms with Crippen LogP contribution in [-0.4, -0.2) is 40.6 Å². The Balaban J connectivity index is 1.62. The van der Waals surface area contributed by atoms with E-state index in [-0.39, 0.29) is 29.3 Å². The molecule has 9 nitrogen and oxygen atoms in total. The van der Waals surface area contributed by atoms with E-state index in [1.54, 1.807) is 17.9 Å². The molecule has 0 atom stereocenters. The van der Waals surface area contributed by atoms with E-state index < -0.39 is 4.92 Å². The van der Waals surface area contributed by atoms with Crippen LogP contribution in [0.5, 0.6) is 11.6 Å². The van der Waals surface area contributed by atoms with Gasteiger partial charge in [-0.25, -0.2) is 4.98 Å². The largest absolute Gasteiger partial charge is 0.466 e. The van der Waals surface area contributed by atoms with E-state index in [0.29, 0.717) is 38.3 Å². The molecule has 160 valence electrons. The molecule has 0 radical (unpaired) electrons. The minimum absolute atomic E-state index is 0.112. The van der Waals surface area contributed by atoms with E-state index >= 15 is 0 Å². The molecule has 0 unspecified atom stereocenters. The van der Waals surface area contributed by atoms with Crippen molar-refractivity contribution < 1.29 is 19.2 Å². The van der Waals surface area contributed by atoms with E-state index in [9.17, 15) is 14.9 Å². The number of hydrogen-bond acceptors (Lipinski definition) is 8. The Labute approximate surface area is 178 Å². The van der Waals surface area contributed by atoms with Gasteiger partial charge in [0.2, 0.25) is 5.82 Å². The number of esters is 1. The highest BCUT2D eigenvalue weighted by molar-refractivity contribution is 5.88. The monoisotopic (exact) mass is 422 g/mol. The number of ether oxygens (including phenoxy) is 2. The van der Waals surface area contributed by atoms with Crippen LogP contribution < -0.4 is 9.64 Å². The summed E-state index contributed by atoms with van der Waals surface area (Å²) in [6, 6.07) is 13.1. The fourth-order valence-electron chi connectivity index (χ4n) is 3.80. The summed E-state index contributed by atoms with van der Waals surface area (Å²) < 4.78 is 11.0. The molecule has 0 bridgehead atoms. The number of rotatable bonds is 6. The highest BCUT2D eigenvalue weighted by Gasteiger charge is 2.33. The van der Waals surface area contributed by atoms with Gasteiger partial charge in [0.15, 0.2) is 0 Å². The molecule has 9 heteroatoms. The smallest absolute Gasteiger partial charge is 0.373 e. The standard InChI is InChI=1S/C22H22N4O5/c1-2-30-22(27)16-10-12-25(13-11-16)20-19(26(28)29)21(24-14-23-20)31-18-9-5-7-15-6-3-4-8-17(15)18/h3-9,14,16H,2,10-13H2,1H3. The topological polar surface area (TPSA) is 108 Å². The number of benzene rings is 2. The molecule has 0 amide bonds. The summed E-state index contributed by atoms with van der Waals surface area (Å²) in [4.78, 5) is 33.4. The Hall–Kier alpha value is -3.75. The molecule has 1 aliphatic heterocycles. The van der Waals surface area contributed by atoms with Crippen molar-refractivity contribution in [3.8, 4) is 11.6 Å². The summed E-state index contributed by atoms with van der Waals surface area (Å²) in [5, 5.41) is 13.7. The highest BCUT2D eigenvalue weighted by atomic mass is 16.6. The number of anilines is 1. The van der Waals surface area contributed by atoms with Crippen LogP contribution in [0.4, 0.5) is 11.5 Å². The number of aromatic nitrogens is 2. The first-order valence-corrected chi connectivity index (χ1v) is 10.1. The van der Waals surface area contributed by atoms with Gasteiger partial charge < -0.3 is 14.4 Å². The third-order valence-corrected chi connectivity index (χ3v) is 5.32. The van der Waals surface area contributed by atoms with Crippen molar-refractivity contribution in [2.24, 2.45) is 5.92 Å². The fourth-order valence-corrected chi connectivity index (χ4v) is 3.80. The quantitative estimate of drug-likeness (QED) is 0.332. The van der Waals surface area contributed by atoms with Crippen molar-refractivity contribution in [1.29, 1.82) is 0 Å². The first-order valence-electron chi connectivity index (χ1n) is 10.1. The predicted molar refractivity (Wildman–Crippen MR) is 114 cm³/mol. The van der Waals surface area contributed by atoms with E-state index in [2.05, 4.69) is 9.97 Å². The van der Waals surface area contributed by atoms with Gasteiger partial charge in [0, 0.05) is 18.5 Å². The predicted octanol–water partition coefficient (Wildman–Crippen LogP) is 4.11. The molecule has 1 fully saturated rings. The van der Waals surface area contributed by atoms with Crippen molar-refractivity contribution in [2.75, 3.05) is 24.6 Å². The summed E-state index contributed by atoms with van der Waals surface area (Å²) in [5.41, 5.74) is -0.287. The molecule has 2 aromatic carbocycles. The van der Waals surface area contributed by atoms with E-state index in [4.69, 9.17) is 9.47 Å². The van der Waals surface area contributed by atoms with Gasteiger partial charge in [0.25, 0.3) is 0 Å². The second kappa shape index (κ2) is 8.95. The van der Waals surface area contributed by atoms with Crippen LogP contribution in [0, 0.1) is 16.0 Å². The first-order chi connectivity index (χ1) is 15.1. The van der Waals surface area contributed by atoms with Gasteiger partial charge in [-0.05, 0) is 31.2 Å². The van der Waals surface area contributed by atoms with Gasteiger partial charge in [-0.2, -0.15) is 4.98 Å². The molecule has 0 N–H and O–H groups in total. The highest BCUT2D eigenvalue weighted by Crippen LogP contribution is 2.39. The van der Waals surface area contributed by atoms with Crippen molar-refractivity contribution in [1.82, 2.24) is 9.97 Å². The Kier molecular flexibility index (Phi) is 5.92. The van der Waals surface area contributed by atoms with Gasteiger partial charge in [0.05, 0.1) is 17.4 Å². The number of nitro groups is 1.